The van der Waals surface area contributed by atoms with Crippen LogP contribution in [0, 0.1) is 5.82 Å². The Morgan fingerprint density at radius 1 is 1.13 bits per heavy atom. The number of carbonyl (C=O) groups is 3. The van der Waals surface area contributed by atoms with Crippen molar-refractivity contribution in [1.29, 1.82) is 0 Å². The van der Waals surface area contributed by atoms with Crippen molar-refractivity contribution >= 4 is 63.1 Å². The molecule has 31 heavy (non-hydrogen) atoms. The van der Waals surface area contributed by atoms with Crippen LogP contribution >= 0.6 is 34.9 Å². The predicted molar refractivity (Wildman–Crippen MR) is 119 cm³/mol. The summed E-state index contributed by atoms with van der Waals surface area (Å²) in [5.74, 6) is -0.652. The summed E-state index contributed by atoms with van der Waals surface area (Å²) in [6.45, 7) is 0. The van der Waals surface area contributed by atoms with Crippen molar-refractivity contribution in [2.75, 3.05) is 5.32 Å². The van der Waals surface area contributed by atoms with Crippen LogP contribution in [0.1, 0.15) is 21.5 Å². The SMILES string of the molecule is O=C1NC(=O)/C(=C\c2ccc(C(=O)Nc3nnc(SCc4ccccc4F)s3)cc2)S1. The number of imide groups is 1. The molecule has 2 aromatic carbocycles. The van der Waals surface area contributed by atoms with Crippen LogP contribution in [0.5, 0.6) is 0 Å². The van der Waals surface area contributed by atoms with E-state index in [-0.39, 0.29) is 11.7 Å². The van der Waals surface area contributed by atoms with E-state index in [2.05, 4.69) is 20.8 Å². The molecule has 4 rings (SSSR count). The standard InChI is InChI=1S/C20H13FN4O3S3/c21-14-4-2-1-3-13(14)10-29-20-25-24-18(31-20)22-16(26)12-7-5-11(6-8-12)9-15-17(27)23-19(28)30-15/h1-9H,10H2,(H,22,24,26)(H,23,27,28)/b15-9+. The summed E-state index contributed by atoms with van der Waals surface area (Å²) < 4.78 is 14.3. The number of nitrogens with one attached hydrogen (secondary N) is 2. The normalized spacial score (nSPS) is 14.7. The van der Waals surface area contributed by atoms with Gasteiger partial charge >= 0.3 is 0 Å². The van der Waals surface area contributed by atoms with Gasteiger partial charge < -0.3 is 0 Å². The highest BCUT2D eigenvalue weighted by molar-refractivity contribution is 8.18. The number of nitrogens with zero attached hydrogens (tertiary/aromatic N) is 2. The smallest absolute Gasteiger partial charge is 0.290 e. The molecule has 156 valence electrons. The number of hydrogen-bond donors (Lipinski definition) is 2. The van der Waals surface area contributed by atoms with Gasteiger partial charge in [0.05, 0.1) is 4.91 Å². The van der Waals surface area contributed by atoms with Crippen molar-refractivity contribution in [3.05, 3.63) is 75.9 Å². The van der Waals surface area contributed by atoms with Crippen LogP contribution in [-0.2, 0) is 10.5 Å². The second-order valence-corrected chi connectivity index (χ2v) is 9.40. The summed E-state index contributed by atoms with van der Waals surface area (Å²) in [4.78, 5) is 35.5. The molecule has 0 saturated carbocycles. The Hall–Kier alpha value is -3.02. The zero-order valence-electron chi connectivity index (χ0n) is 15.6. The average molecular weight is 473 g/mol. The molecular weight excluding hydrogens is 459 g/mol. The zero-order valence-corrected chi connectivity index (χ0v) is 18.1. The molecule has 0 bridgehead atoms. The molecule has 0 atom stereocenters. The fourth-order valence-corrected chi connectivity index (χ4v) is 4.96. The number of aromatic nitrogens is 2. The minimum Gasteiger partial charge on any atom is -0.296 e. The van der Waals surface area contributed by atoms with E-state index >= 15 is 0 Å². The number of amides is 3. The van der Waals surface area contributed by atoms with Crippen molar-refractivity contribution in [3.8, 4) is 0 Å². The lowest BCUT2D eigenvalue weighted by Gasteiger charge is -2.02. The van der Waals surface area contributed by atoms with Gasteiger partial charge in [-0.05, 0) is 47.2 Å². The first-order chi connectivity index (χ1) is 15.0. The van der Waals surface area contributed by atoms with E-state index in [9.17, 15) is 18.8 Å². The van der Waals surface area contributed by atoms with Gasteiger partial charge in [-0.3, -0.25) is 25.0 Å². The molecule has 1 saturated heterocycles. The van der Waals surface area contributed by atoms with Crippen LogP contribution < -0.4 is 10.6 Å². The molecule has 1 aliphatic heterocycles. The van der Waals surface area contributed by atoms with Crippen molar-refractivity contribution in [3.63, 3.8) is 0 Å². The van der Waals surface area contributed by atoms with Gasteiger partial charge in [-0.15, -0.1) is 10.2 Å². The summed E-state index contributed by atoms with van der Waals surface area (Å²) in [5, 5.41) is 12.8. The topological polar surface area (TPSA) is 101 Å². The molecular formula is C20H13FN4O3S3. The highest BCUT2D eigenvalue weighted by Gasteiger charge is 2.24. The van der Waals surface area contributed by atoms with Gasteiger partial charge in [0, 0.05) is 11.3 Å². The lowest BCUT2D eigenvalue weighted by molar-refractivity contribution is -0.115. The van der Waals surface area contributed by atoms with E-state index in [1.54, 1.807) is 48.5 Å². The predicted octanol–water partition coefficient (Wildman–Crippen LogP) is 4.55. The Balaban J connectivity index is 1.35. The molecule has 7 nitrogen and oxygen atoms in total. The summed E-state index contributed by atoms with van der Waals surface area (Å²) in [5.41, 5.74) is 1.66. The Morgan fingerprint density at radius 3 is 2.61 bits per heavy atom. The van der Waals surface area contributed by atoms with E-state index in [0.717, 1.165) is 11.8 Å². The van der Waals surface area contributed by atoms with Gasteiger partial charge in [-0.2, -0.15) is 0 Å². The Labute approximate surface area is 188 Å². The van der Waals surface area contributed by atoms with Gasteiger partial charge in [-0.1, -0.05) is 53.4 Å². The number of anilines is 1. The largest absolute Gasteiger partial charge is 0.296 e. The van der Waals surface area contributed by atoms with Crippen molar-refractivity contribution in [1.82, 2.24) is 15.5 Å². The molecule has 0 spiro atoms. The van der Waals surface area contributed by atoms with Crippen molar-refractivity contribution in [2.45, 2.75) is 10.1 Å². The van der Waals surface area contributed by atoms with Crippen LogP contribution in [0.2, 0.25) is 0 Å². The second kappa shape index (κ2) is 9.41. The van der Waals surface area contributed by atoms with Crippen LogP contribution in [-0.4, -0.2) is 27.3 Å². The van der Waals surface area contributed by atoms with E-state index in [0.29, 0.717) is 36.8 Å². The minimum absolute atomic E-state index is 0.272. The maximum atomic E-state index is 13.7. The van der Waals surface area contributed by atoms with Gasteiger partial charge in [-0.25, -0.2) is 4.39 Å². The van der Waals surface area contributed by atoms with E-state index in [4.69, 9.17) is 0 Å². The molecule has 0 radical (unpaired) electrons. The quantitative estimate of drug-likeness (QED) is 0.308. The number of thioether (sulfide) groups is 2. The van der Waals surface area contributed by atoms with Crippen molar-refractivity contribution in [2.24, 2.45) is 0 Å². The first kappa shape index (κ1) is 21.2. The molecule has 11 heteroatoms. The van der Waals surface area contributed by atoms with E-state index in [1.165, 1.54) is 29.2 Å². The summed E-state index contributed by atoms with van der Waals surface area (Å²) in [6, 6.07) is 13.1. The highest BCUT2D eigenvalue weighted by Crippen LogP contribution is 2.29. The third kappa shape index (κ3) is 5.37. The van der Waals surface area contributed by atoms with Gasteiger partial charge in [0.2, 0.25) is 5.13 Å². The van der Waals surface area contributed by atoms with E-state index < -0.39 is 11.1 Å². The molecule has 2 N–H and O–H groups in total. The Morgan fingerprint density at radius 2 is 1.90 bits per heavy atom. The summed E-state index contributed by atoms with van der Waals surface area (Å²) in [7, 11) is 0. The fourth-order valence-electron chi connectivity index (χ4n) is 2.55. The number of benzene rings is 2. The summed E-state index contributed by atoms with van der Waals surface area (Å²) >= 11 is 3.37. The van der Waals surface area contributed by atoms with Crippen LogP contribution in [0.3, 0.4) is 0 Å². The molecule has 1 fully saturated rings. The van der Waals surface area contributed by atoms with Crippen LogP contribution in [0.15, 0.2) is 57.8 Å². The van der Waals surface area contributed by atoms with Crippen LogP contribution in [0.4, 0.5) is 14.3 Å². The molecule has 1 aromatic heterocycles. The number of carbonyl (C=O) groups excluding carboxylic acids is 3. The molecule has 1 aliphatic rings. The molecule has 2 heterocycles. The lowest BCUT2D eigenvalue weighted by atomic mass is 10.1. The summed E-state index contributed by atoms with van der Waals surface area (Å²) in [6.07, 6.45) is 1.58. The monoisotopic (exact) mass is 472 g/mol. The van der Waals surface area contributed by atoms with Gasteiger partial charge in [0.15, 0.2) is 4.34 Å². The number of halogens is 1. The first-order valence-corrected chi connectivity index (χ1v) is 11.5. The van der Waals surface area contributed by atoms with Crippen molar-refractivity contribution < 1.29 is 18.8 Å². The maximum absolute atomic E-state index is 13.7. The van der Waals surface area contributed by atoms with Gasteiger partial charge in [0.1, 0.15) is 5.82 Å². The van der Waals surface area contributed by atoms with Crippen LogP contribution in [0.25, 0.3) is 6.08 Å². The minimum atomic E-state index is -0.434. The maximum Gasteiger partial charge on any atom is 0.290 e. The third-order valence-electron chi connectivity index (χ3n) is 4.05. The lowest BCUT2D eigenvalue weighted by Crippen LogP contribution is -2.17. The second-order valence-electron chi connectivity index (χ2n) is 6.18. The Kier molecular flexibility index (Phi) is 6.44. The fraction of sp³-hybridized carbons (Fsp3) is 0.0500. The highest BCUT2D eigenvalue weighted by atomic mass is 32.2. The van der Waals surface area contributed by atoms with Gasteiger partial charge in [0.25, 0.3) is 17.1 Å². The Bertz CT molecular complexity index is 1190. The third-order valence-corrected chi connectivity index (χ3v) is 6.88. The number of rotatable bonds is 6. The number of hydrogen-bond acceptors (Lipinski definition) is 8. The molecule has 0 unspecified atom stereocenters. The molecule has 3 aromatic rings. The zero-order chi connectivity index (χ0) is 21.8. The average Bonchev–Trinajstić information content (AvgIpc) is 3.33. The molecule has 3 amide bonds. The first-order valence-electron chi connectivity index (χ1n) is 8.84. The molecule has 0 aliphatic carbocycles. The van der Waals surface area contributed by atoms with E-state index in [1.807, 2.05) is 0 Å².